The summed E-state index contributed by atoms with van der Waals surface area (Å²) in [6.45, 7) is 1.81. The number of hydrogen-bond acceptors (Lipinski definition) is 6. The van der Waals surface area contributed by atoms with Gasteiger partial charge >= 0.3 is 11.9 Å². The van der Waals surface area contributed by atoms with Crippen molar-refractivity contribution in [3.63, 3.8) is 0 Å². The summed E-state index contributed by atoms with van der Waals surface area (Å²) in [4.78, 5) is 23.3. The van der Waals surface area contributed by atoms with E-state index in [1.165, 1.54) is 14.2 Å². The Balaban J connectivity index is 3.14. The van der Waals surface area contributed by atoms with Crippen LogP contribution in [-0.4, -0.2) is 35.9 Å². The molecule has 0 saturated heterocycles. The maximum absolute atomic E-state index is 11.7. The van der Waals surface area contributed by atoms with Crippen molar-refractivity contribution in [2.24, 2.45) is 7.05 Å². The van der Waals surface area contributed by atoms with Gasteiger partial charge in [-0.15, -0.1) is 0 Å². The fraction of sp³-hybridized carbons (Fsp3) is 0.417. The second kappa shape index (κ2) is 6.58. The molecule has 7 nitrogen and oxygen atoms in total. The number of nitrogens with zero attached hydrogens (tertiary/aromatic N) is 2. The summed E-state index contributed by atoms with van der Waals surface area (Å²) in [7, 11) is 4.19. The standard InChI is InChI=1S/C12H17N3O4/c1-5-9(14-8-6-13-15(2)7-8)10(11(16)18-3)12(17)19-4/h6-7,14H,5H2,1-4H3. The van der Waals surface area contributed by atoms with E-state index in [4.69, 9.17) is 0 Å². The van der Waals surface area contributed by atoms with Crippen LogP contribution in [0.3, 0.4) is 0 Å². The van der Waals surface area contributed by atoms with Crippen LogP contribution in [0.5, 0.6) is 0 Å². The van der Waals surface area contributed by atoms with Crippen molar-refractivity contribution in [3.05, 3.63) is 23.7 Å². The highest BCUT2D eigenvalue weighted by atomic mass is 16.5. The number of nitrogens with one attached hydrogen (secondary N) is 1. The predicted octanol–water partition coefficient (Wildman–Crippen LogP) is 0.842. The van der Waals surface area contributed by atoms with Crippen molar-refractivity contribution < 1.29 is 19.1 Å². The number of carbonyl (C=O) groups is 2. The van der Waals surface area contributed by atoms with Gasteiger partial charge in [0.1, 0.15) is 0 Å². The summed E-state index contributed by atoms with van der Waals surface area (Å²) >= 11 is 0. The Morgan fingerprint density at radius 2 is 1.89 bits per heavy atom. The molecular formula is C12H17N3O4. The number of hydrogen-bond donors (Lipinski definition) is 1. The van der Waals surface area contributed by atoms with Crippen molar-refractivity contribution in [2.45, 2.75) is 13.3 Å². The van der Waals surface area contributed by atoms with Gasteiger partial charge in [0.15, 0.2) is 5.57 Å². The smallest absolute Gasteiger partial charge is 0.347 e. The third-order valence-electron chi connectivity index (χ3n) is 2.43. The molecule has 1 aromatic heterocycles. The topological polar surface area (TPSA) is 82.5 Å². The zero-order chi connectivity index (χ0) is 14.4. The van der Waals surface area contributed by atoms with Crippen LogP contribution in [0.25, 0.3) is 0 Å². The Morgan fingerprint density at radius 3 is 2.26 bits per heavy atom. The minimum Gasteiger partial charge on any atom is -0.465 e. The SMILES string of the molecule is CCC(Nc1cnn(C)c1)=C(C(=O)OC)C(=O)OC. The largest absolute Gasteiger partial charge is 0.465 e. The van der Waals surface area contributed by atoms with E-state index < -0.39 is 11.9 Å². The first kappa shape index (κ1) is 14.7. The maximum atomic E-state index is 11.7. The van der Waals surface area contributed by atoms with E-state index in [1.807, 2.05) is 6.92 Å². The Kier molecular flexibility index (Phi) is 5.11. The molecule has 104 valence electrons. The van der Waals surface area contributed by atoms with Crippen LogP contribution in [0.2, 0.25) is 0 Å². The summed E-state index contributed by atoms with van der Waals surface area (Å²) in [6, 6.07) is 0. The number of aryl methyl sites for hydroxylation is 1. The van der Waals surface area contributed by atoms with Crippen LogP contribution in [0.1, 0.15) is 13.3 Å². The highest BCUT2D eigenvalue weighted by Gasteiger charge is 2.24. The van der Waals surface area contributed by atoms with Gasteiger partial charge in [-0.2, -0.15) is 5.10 Å². The van der Waals surface area contributed by atoms with Gasteiger partial charge in [0, 0.05) is 18.9 Å². The van der Waals surface area contributed by atoms with E-state index in [1.54, 1.807) is 24.1 Å². The molecule has 0 aliphatic rings. The zero-order valence-corrected chi connectivity index (χ0v) is 11.4. The molecule has 0 saturated carbocycles. The molecule has 0 amide bonds. The van der Waals surface area contributed by atoms with Crippen LogP contribution in [-0.2, 0) is 26.1 Å². The quantitative estimate of drug-likeness (QED) is 0.368. The Bertz CT molecular complexity index is 487. The number of aromatic nitrogens is 2. The molecule has 1 rings (SSSR count). The third-order valence-corrected chi connectivity index (χ3v) is 2.43. The Morgan fingerprint density at radius 1 is 1.32 bits per heavy atom. The second-order valence-electron chi connectivity index (χ2n) is 3.72. The van der Waals surface area contributed by atoms with E-state index in [0.717, 1.165) is 0 Å². The van der Waals surface area contributed by atoms with Crippen LogP contribution >= 0.6 is 0 Å². The molecule has 0 radical (unpaired) electrons. The van der Waals surface area contributed by atoms with Crippen molar-refractivity contribution in [3.8, 4) is 0 Å². The van der Waals surface area contributed by atoms with Crippen LogP contribution < -0.4 is 5.32 Å². The highest BCUT2D eigenvalue weighted by Crippen LogP contribution is 2.16. The van der Waals surface area contributed by atoms with Crippen molar-refractivity contribution in [1.82, 2.24) is 9.78 Å². The predicted molar refractivity (Wildman–Crippen MR) is 68.2 cm³/mol. The van der Waals surface area contributed by atoms with Crippen LogP contribution in [0.4, 0.5) is 5.69 Å². The molecular weight excluding hydrogens is 250 g/mol. The molecule has 0 aliphatic heterocycles. The highest BCUT2D eigenvalue weighted by molar-refractivity contribution is 6.15. The van der Waals surface area contributed by atoms with Gasteiger partial charge in [-0.25, -0.2) is 9.59 Å². The zero-order valence-electron chi connectivity index (χ0n) is 11.4. The van der Waals surface area contributed by atoms with Gasteiger partial charge in [-0.3, -0.25) is 4.68 Å². The first-order valence-corrected chi connectivity index (χ1v) is 5.68. The van der Waals surface area contributed by atoms with Crippen LogP contribution in [0.15, 0.2) is 23.7 Å². The number of carbonyl (C=O) groups excluding carboxylic acids is 2. The number of rotatable bonds is 5. The van der Waals surface area contributed by atoms with E-state index >= 15 is 0 Å². The van der Waals surface area contributed by atoms with Gasteiger partial charge in [0.2, 0.25) is 0 Å². The van der Waals surface area contributed by atoms with Crippen LogP contribution in [0, 0.1) is 0 Å². The molecule has 19 heavy (non-hydrogen) atoms. The molecule has 0 spiro atoms. The molecule has 0 fully saturated rings. The maximum Gasteiger partial charge on any atom is 0.347 e. The minimum absolute atomic E-state index is 0.142. The Labute approximate surface area is 111 Å². The fourth-order valence-corrected chi connectivity index (χ4v) is 1.52. The number of allylic oxidation sites excluding steroid dienone is 1. The average Bonchev–Trinajstić information content (AvgIpc) is 2.82. The summed E-state index contributed by atoms with van der Waals surface area (Å²) in [6.07, 6.45) is 3.75. The van der Waals surface area contributed by atoms with Gasteiger partial charge in [-0.1, -0.05) is 6.92 Å². The second-order valence-corrected chi connectivity index (χ2v) is 3.72. The summed E-state index contributed by atoms with van der Waals surface area (Å²) < 4.78 is 10.8. The molecule has 0 unspecified atom stereocenters. The molecule has 1 N–H and O–H groups in total. The summed E-state index contributed by atoms with van der Waals surface area (Å²) in [5.74, 6) is -1.47. The van der Waals surface area contributed by atoms with E-state index in [9.17, 15) is 9.59 Å². The van der Waals surface area contributed by atoms with Gasteiger partial charge in [0.25, 0.3) is 0 Å². The van der Waals surface area contributed by atoms with E-state index in [-0.39, 0.29) is 5.57 Å². The molecule has 0 aliphatic carbocycles. The Hall–Kier alpha value is -2.31. The molecule has 0 aromatic carbocycles. The average molecular weight is 267 g/mol. The fourth-order valence-electron chi connectivity index (χ4n) is 1.52. The number of anilines is 1. The lowest BCUT2D eigenvalue weighted by Crippen LogP contribution is -2.20. The van der Waals surface area contributed by atoms with Gasteiger partial charge in [0.05, 0.1) is 26.1 Å². The third kappa shape index (κ3) is 3.57. The molecule has 7 heteroatoms. The van der Waals surface area contributed by atoms with E-state index in [2.05, 4.69) is 19.9 Å². The number of esters is 2. The van der Waals surface area contributed by atoms with Crippen molar-refractivity contribution in [1.29, 1.82) is 0 Å². The summed E-state index contributed by atoms with van der Waals surface area (Å²) in [5, 5.41) is 6.97. The molecule has 0 atom stereocenters. The first-order chi connectivity index (χ1) is 9.03. The number of methoxy groups -OCH3 is 2. The van der Waals surface area contributed by atoms with E-state index in [0.29, 0.717) is 17.8 Å². The van der Waals surface area contributed by atoms with Crippen molar-refractivity contribution in [2.75, 3.05) is 19.5 Å². The van der Waals surface area contributed by atoms with Gasteiger partial charge < -0.3 is 14.8 Å². The monoisotopic (exact) mass is 267 g/mol. The lowest BCUT2D eigenvalue weighted by atomic mass is 10.1. The first-order valence-electron chi connectivity index (χ1n) is 5.68. The van der Waals surface area contributed by atoms with Crippen molar-refractivity contribution >= 4 is 17.6 Å². The molecule has 0 bridgehead atoms. The molecule has 1 aromatic rings. The molecule has 1 heterocycles. The lowest BCUT2D eigenvalue weighted by Gasteiger charge is -2.12. The normalized spacial score (nSPS) is 9.68. The number of ether oxygens (including phenoxy) is 2. The van der Waals surface area contributed by atoms with Gasteiger partial charge in [-0.05, 0) is 6.42 Å². The lowest BCUT2D eigenvalue weighted by molar-refractivity contribution is -0.144. The summed E-state index contributed by atoms with van der Waals surface area (Å²) in [5.41, 5.74) is 0.952. The minimum atomic E-state index is -0.736.